The number of nitrogens with zero attached hydrogens (tertiary/aromatic N) is 2. The summed E-state index contributed by atoms with van der Waals surface area (Å²) in [5.74, 6) is 0.200. The molecule has 2 fully saturated rings. The number of nitrogens with two attached hydrogens (primary N) is 1. The molecule has 36 heavy (non-hydrogen) atoms. The second kappa shape index (κ2) is 16.6. The summed E-state index contributed by atoms with van der Waals surface area (Å²) in [5.41, 5.74) is 7.42. The van der Waals surface area contributed by atoms with E-state index in [1.165, 1.54) is 44.7 Å². The molecule has 2 aromatic carbocycles. The van der Waals surface area contributed by atoms with Crippen molar-refractivity contribution in [1.29, 1.82) is 0 Å². The second-order valence-corrected chi connectivity index (χ2v) is 8.98. The van der Waals surface area contributed by atoms with Crippen molar-refractivity contribution in [3.05, 3.63) is 71.3 Å². The zero-order valence-electron chi connectivity index (χ0n) is 21.8. The Hall–Kier alpha value is -3.03. The van der Waals surface area contributed by atoms with E-state index < -0.39 is 6.04 Å². The minimum Gasteiger partial charge on any atom is -0.345 e. The van der Waals surface area contributed by atoms with Gasteiger partial charge >= 0.3 is 0 Å². The van der Waals surface area contributed by atoms with Gasteiger partial charge in [0.05, 0.1) is 0 Å². The summed E-state index contributed by atoms with van der Waals surface area (Å²) in [4.78, 5) is 37.8. The molecule has 1 saturated carbocycles. The van der Waals surface area contributed by atoms with Gasteiger partial charge in [-0.2, -0.15) is 0 Å². The highest BCUT2D eigenvalue weighted by Crippen LogP contribution is 2.23. The molecule has 7 heteroatoms. The Labute approximate surface area is 216 Å². The van der Waals surface area contributed by atoms with Crippen LogP contribution in [0.15, 0.2) is 54.6 Å². The first-order valence-corrected chi connectivity index (χ1v) is 13.1. The maximum atomic E-state index is 12.6. The molecular weight excluding hydrogens is 452 g/mol. The van der Waals surface area contributed by atoms with Crippen molar-refractivity contribution < 1.29 is 14.4 Å². The van der Waals surface area contributed by atoms with Crippen LogP contribution in [0.2, 0.25) is 0 Å². The van der Waals surface area contributed by atoms with Crippen LogP contribution < -0.4 is 11.1 Å². The van der Waals surface area contributed by atoms with Gasteiger partial charge in [0.2, 0.25) is 6.41 Å². The fraction of sp³-hybridized carbons (Fsp3) is 0.483. The number of amides is 2. The molecule has 1 unspecified atom stereocenters. The SMILES string of the molecule is CCc1ccc(C(=O)N2CCN(C3CCCCC3)CC2)cc1.CN.O=CNC(C=O)c1ccccc1. The van der Waals surface area contributed by atoms with Gasteiger partial charge in [-0.15, -0.1) is 0 Å². The van der Waals surface area contributed by atoms with Gasteiger partial charge in [0, 0.05) is 37.8 Å². The van der Waals surface area contributed by atoms with E-state index in [4.69, 9.17) is 0 Å². The molecule has 1 saturated heterocycles. The van der Waals surface area contributed by atoms with Gasteiger partial charge in [0.1, 0.15) is 12.3 Å². The fourth-order valence-corrected chi connectivity index (χ4v) is 4.75. The monoisotopic (exact) mass is 494 g/mol. The van der Waals surface area contributed by atoms with Crippen LogP contribution in [0.4, 0.5) is 0 Å². The molecular formula is C29H42N4O3. The number of nitrogens with one attached hydrogen (secondary N) is 1. The summed E-state index contributed by atoms with van der Waals surface area (Å²) in [5, 5.41) is 2.40. The molecule has 2 aliphatic rings. The number of piperazine rings is 1. The van der Waals surface area contributed by atoms with Gasteiger partial charge in [-0.3, -0.25) is 14.5 Å². The second-order valence-electron chi connectivity index (χ2n) is 8.98. The third kappa shape index (κ3) is 8.88. The smallest absolute Gasteiger partial charge is 0.253 e. The molecule has 1 aliphatic carbocycles. The number of rotatable bonds is 7. The Morgan fingerprint density at radius 1 is 0.944 bits per heavy atom. The quantitative estimate of drug-likeness (QED) is 0.574. The van der Waals surface area contributed by atoms with Crippen LogP contribution in [-0.4, -0.2) is 67.7 Å². The van der Waals surface area contributed by atoms with E-state index in [0.717, 1.165) is 49.8 Å². The first-order chi connectivity index (χ1) is 17.7. The number of carbonyl (C=O) groups is 3. The molecule has 4 rings (SSSR count). The Balaban J connectivity index is 0.000000277. The first kappa shape index (κ1) is 29.2. The zero-order valence-corrected chi connectivity index (χ0v) is 21.8. The summed E-state index contributed by atoms with van der Waals surface area (Å²) in [7, 11) is 1.50. The highest BCUT2D eigenvalue weighted by Gasteiger charge is 2.27. The highest BCUT2D eigenvalue weighted by molar-refractivity contribution is 5.94. The Bertz CT molecular complexity index is 890. The maximum absolute atomic E-state index is 12.6. The van der Waals surface area contributed by atoms with Crippen molar-refractivity contribution in [2.24, 2.45) is 5.73 Å². The van der Waals surface area contributed by atoms with Crippen LogP contribution in [0.5, 0.6) is 0 Å². The van der Waals surface area contributed by atoms with Crippen LogP contribution in [0.25, 0.3) is 0 Å². The summed E-state index contributed by atoms with van der Waals surface area (Å²) < 4.78 is 0. The van der Waals surface area contributed by atoms with Crippen molar-refractivity contribution >= 4 is 18.6 Å². The molecule has 7 nitrogen and oxygen atoms in total. The van der Waals surface area contributed by atoms with Gasteiger partial charge in [0.15, 0.2) is 0 Å². The molecule has 196 valence electrons. The van der Waals surface area contributed by atoms with Gasteiger partial charge in [0.25, 0.3) is 5.91 Å². The predicted molar refractivity (Wildman–Crippen MR) is 145 cm³/mol. The van der Waals surface area contributed by atoms with Crippen molar-refractivity contribution in [2.45, 2.75) is 57.5 Å². The molecule has 0 bridgehead atoms. The molecule has 0 aromatic heterocycles. The molecule has 2 amide bonds. The van der Waals surface area contributed by atoms with Crippen LogP contribution in [-0.2, 0) is 16.0 Å². The zero-order chi connectivity index (χ0) is 26.2. The third-order valence-electron chi connectivity index (χ3n) is 6.84. The van der Waals surface area contributed by atoms with E-state index >= 15 is 0 Å². The van der Waals surface area contributed by atoms with E-state index in [0.29, 0.717) is 12.7 Å². The molecule has 3 N–H and O–H groups in total. The Morgan fingerprint density at radius 3 is 2.08 bits per heavy atom. The lowest BCUT2D eigenvalue weighted by molar-refractivity contribution is -0.115. The van der Waals surface area contributed by atoms with Gasteiger partial charge in [-0.05, 0) is 49.6 Å². The van der Waals surface area contributed by atoms with Gasteiger partial charge in [-0.25, -0.2) is 0 Å². The van der Waals surface area contributed by atoms with Crippen molar-refractivity contribution in [2.75, 3.05) is 33.2 Å². The molecule has 1 atom stereocenters. The average Bonchev–Trinajstić information content (AvgIpc) is 2.98. The number of hydrogen-bond donors (Lipinski definition) is 2. The maximum Gasteiger partial charge on any atom is 0.253 e. The molecule has 1 heterocycles. The molecule has 0 spiro atoms. The van der Waals surface area contributed by atoms with Crippen molar-refractivity contribution in [3.63, 3.8) is 0 Å². The van der Waals surface area contributed by atoms with E-state index in [1.54, 1.807) is 12.1 Å². The fourth-order valence-electron chi connectivity index (χ4n) is 4.75. The summed E-state index contributed by atoms with van der Waals surface area (Å²) in [6.45, 7) is 5.99. The number of carbonyl (C=O) groups excluding carboxylic acids is 3. The lowest BCUT2D eigenvalue weighted by Crippen LogP contribution is -2.52. The summed E-state index contributed by atoms with van der Waals surface area (Å²) in [6, 6.07) is 17.4. The van der Waals surface area contributed by atoms with Crippen LogP contribution in [0.1, 0.15) is 66.6 Å². The van der Waals surface area contributed by atoms with E-state index in [2.05, 4.69) is 35.0 Å². The normalized spacial score (nSPS) is 16.9. The minimum absolute atomic E-state index is 0.200. The third-order valence-corrected chi connectivity index (χ3v) is 6.84. The number of aryl methyl sites for hydroxylation is 1. The van der Waals surface area contributed by atoms with E-state index in [9.17, 15) is 14.4 Å². The van der Waals surface area contributed by atoms with Gasteiger partial charge in [-0.1, -0.05) is 68.7 Å². The predicted octanol–water partition coefficient (Wildman–Crippen LogP) is 3.59. The minimum atomic E-state index is -0.524. The highest BCUT2D eigenvalue weighted by atomic mass is 16.2. The van der Waals surface area contributed by atoms with Crippen LogP contribution in [0, 0.1) is 0 Å². The number of hydrogen-bond acceptors (Lipinski definition) is 5. The Morgan fingerprint density at radius 2 is 1.56 bits per heavy atom. The lowest BCUT2D eigenvalue weighted by atomic mass is 9.94. The average molecular weight is 495 g/mol. The van der Waals surface area contributed by atoms with Crippen LogP contribution >= 0.6 is 0 Å². The van der Waals surface area contributed by atoms with E-state index in [1.807, 2.05) is 35.2 Å². The standard InChI is InChI=1S/C19H28N2O.C9H9NO2.CH5N/c1-2-16-8-10-17(11-9-16)19(22)21-14-12-20(13-15-21)18-6-4-3-5-7-18;11-6-9(10-7-12)8-4-2-1-3-5-8;1-2/h8-11,18H,2-7,12-15H2,1H3;1-7,9H,(H,10,12);2H2,1H3. The number of aldehydes is 1. The number of benzene rings is 2. The molecule has 1 aliphatic heterocycles. The van der Waals surface area contributed by atoms with Gasteiger partial charge < -0.3 is 20.7 Å². The van der Waals surface area contributed by atoms with Crippen LogP contribution in [0.3, 0.4) is 0 Å². The Kier molecular flexibility index (Phi) is 13.5. The van der Waals surface area contributed by atoms with Crippen molar-refractivity contribution in [3.8, 4) is 0 Å². The lowest BCUT2D eigenvalue weighted by Gasteiger charge is -2.40. The molecule has 2 aromatic rings. The van der Waals surface area contributed by atoms with E-state index in [-0.39, 0.29) is 5.91 Å². The first-order valence-electron chi connectivity index (χ1n) is 13.1. The molecule has 0 radical (unpaired) electrons. The topological polar surface area (TPSA) is 95.7 Å². The summed E-state index contributed by atoms with van der Waals surface area (Å²) >= 11 is 0. The largest absolute Gasteiger partial charge is 0.345 e. The van der Waals surface area contributed by atoms with Crippen molar-refractivity contribution in [1.82, 2.24) is 15.1 Å². The summed E-state index contributed by atoms with van der Waals surface area (Å²) in [6.07, 6.45) is 9.12.